The minimum atomic E-state index is -4.62. The van der Waals surface area contributed by atoms with E-state index in [0.717, 1.165) is 32.1 Å². The Kier molecular flexibility index (Phi) is 39.7. The Hall–Kier alpha value is -0.990. The smallest absolute Gasteiger partial charge is 0.306 e. The number of quaternary nitrogens is 1. The molecule has 0 saturated heterocycles. The zero-order valence-electron chi connectivity index (χ0n) is 38.3. The molecule has 0 amide bonds. The van der Waals surface area contributed by atoms with Crippen molar-refractivity contribution in [1.82, 2.24) is 0 Å². The van der Waals surface area contributed by atoms with E-state index in [1.54, 1.807) is 0 Å². The molecule has 0 aromatic heterocycles. The van der Waals surface area contributed by atoms with Crippen LogP contribution in [0, 0.1) is 0 Å². The highest BCUT2D eigenvalue weighted by molar-refractivity contribution is 7.45. The number of unbranched alkanes of at least 4 members (excludes halogenated alkanes) is 31. The largest absolute Gasteiger partial charge is 0.756 e. The van der Waals surface area contributed by atoms with Crippen molar-refractivity contribution in [2.45, 2.75) is 245 Å². The predicted octanol–water partition coefficient (Wildman–Crippen LogP) is 13.3. The van der Waals surface area contributed by atoms with Gasteiger partial charge in [-0.3, -0.25) is 14.2 Å². The minimum Gasteiger partial charge on any atom is -0.756 e. The van der Waals surface area contributed by atoms with Crippen LogP contribution in [0.3, 0.4) is 0 Å². The minimum absolute atomic E-state index is 0.0256. The Morgan fingerprint density at radius 1 is 0.474 bits per heavy atom. The Labute approximate surface area is 353 Å². The van der Waals surface area contributed by atoms with Gasteiger partial charge in [0.2, 0.25) is 0 Å². The summed E-state index contributed by atoms with van der Waals surface area (Å²) in [5.74, 6) is -0.818. The highest BCUT2D eigenvalue weighted by Gasteiger charge is 2.21. The van der Waals surface area contributed by atoms with Gasteiger partial charge < -0.3 is 27.9 Å². The topological polar surface area (TPSA) is 111 Å². The third kappa shape index (κ3) is 44.4. The van der Waals surface area contributed by atoms with Gasteiger partial charge in [0.05, 0.1) is 27.7 Å². The monoisotopic (exact) mass is 832 g/mol. The van der Waals surface area contributed by atoms with Gasteiger partial charge in [0.25, 0.3) is 7.82 Å². The summed E-state index contributed by atoms with van der Waals surface area (Å²) in [7, 11) is 1.18. The first kappa shape index (κ1) is 56.0. The standard InChI is InChI=1S/C47H94NO8P/c1-6-8-10-12-14-16-18-20-21-22-23-24-25-26-27-28-30-32-34-36-38-40-47(50)56-45(44-55-57(51,52)54-42-41-48(3,4)5)43-53-46(49)39-37-35-33-31-29-19-17-15-13-11-9-7-2/h45H,6-44H2,1-5H3/t45-/m1/s1. The molecule has 0 aliphatic heterocycles. The van der Waals surface area contributed by atoms with Gasteiger partial charge >= 0.3 is 11.9 Å². The Bertz CT molecular complexity index is 943. The van der Waals surface area contributed by atoms with E-state index in [9.17, 15) is 19.0 Å². The second-order valence-electron chi connectivity index (χ2n) is 17.8. The number of phosphoric acid groups is 1. The average molecular weight is 832 g/mol. The Balaban J connectivity index is 4.19. The van der Waals surface area contributed by atoms with E-state index < -0.39 is 26.5 Å². The molecule has 2 atom stereocenters. The molecule has 9 nitrogen and oxygen atoms in total. The number of hydrogen-bond acceptors (Lipinski definition) is 8. The van der Waals surface area contributed by atoms with Crippen LogP contribution in [0.1, 0.15) is 239 Å². The molecule has 0 radical (unpaired) electrons. The van der Waals surface area contributed by atoms with Crippen LogP contribution < -0.4 is 4.89 Å². The van der Waals surface area contributed by atoms with Gasteiger partial charge in [-0.2, -0.15) is 0 Å². The molecule has 0 aromatic rings. The maximum Gasteiger partial charge on any atom is 0.306 e. The van der Waals surface area contributed by atoms with E-state index >= 15 is 0 Å². The summed E-state index contributed by atoms with van der Waals surface area (Å²) < 4.78 is 34.0. The molecule has 0 spiro atoms. The van der Waals surface area contributed by atoms with Crippen LogP contribution in [-0.2, 0) is 32.7 Å². The maximum atomic E-state index is 12.7. The van der Waals surface area contributed by atoms with Gasteiger partial charge in [-0.05, 0) is 12.8 Å². The van der Waals surface area contributed by atoms with E-state index in [1.165, 1.54) is 173 Å². The molecule has 0 heterocycles. The molecule has 1 unspecified atom stereocenters. The summed E-state index contributed by atoms with van der Waals surface area (Å²) in [6.45, 7) is 4.27. The second kappa shape index (κ2) is 40.4. The zero-order chi connectivity index (χ0) is 42.1. The molecule has 340 valence electrons. The fraction of sp³-hybridized carbons (Fsp3) is 0.957. The van der Waals surface area contributed by atoms with Gasteiger partial charge in [0.15, 0.2) is 6.10 Å². The van der Waals surface area contributed by atoms with Crippen LogP contribution in [0.25, 0.3) is 0 Å². The Morgan fingerprint density at radius 3 is 1.12 bits per heavy atom. The lowest BCUT2D eigenvalue weighted by Crippen LogP contribution is -2.37. The number of carbonyl (C=O) groups excluding carboxylic acids is 2. The van der Waals surface area contributed by atoms with E-state index in [2.05, 4.69) is 13.8 Å². The van der Waals surface area contributed by atoms with Crippen molar-refractivity contribution >= 4 is 19.8 Å². The number of rotatable bonds is 45. The SMILES string of the molecule is CCCCCCCCCCCCCCCCCCCCCCCC(=O)O[C@H](COC(=O)CCCCCCCCCCCCCC)COP(=O)([O-])OCC[N+](C)(C)C. The van der Waals surface area contributed by atoms with Crippen LogP contribution in [0.15, 0.2) is 0 Å². The lowest BCUT2D eigenvalue weighted by Gasteiger charge is -2.28. The summed E-state index contributed by atoms with van der Waals surface area (Å²) in [5.41, 5.74) is 0. The first-order valence-corrected chi connectivity index (χ1v) is 25.7. The number of hydrogen-bond donors (Lipinski definition) is 0. The normalized spacial score (nSPS) is 13.4. The van der Waals surface area contributed by atoms with Crippen molar-refractivity contribution in [3.63, 3.8) is 0 Å². The van der Waals surface area contributed by atoms with Crippen molar-refractivity contribution < 1.29 is 42.1 Å². The number of carbonyl (C=O) groups is 2. The number of nitrogens with zero attached hydrogens (tertiary/aromatic N) is 1. The van der Waals surface area contributed by atoms with Crippen molar-refractivity contribution in [3.8, 4) is 0 Å². The maximum absolute atomic E-state index is 12.7. The van der Waals surface area contributed by atoms with Crippen LogP contribution in [0.5, 0.6) is 0 Å². The quantitative estimate of drug-likeness (QED) is 0.0258. The fourth-order valence-corrected chi connectivity index (χ4v) is 7.80. The van der Waals surface area contributed by atoms with Gasteiger partial charge in [-0.1, -0.05) is 213 Å². The molecule has 0 aromatic carbocycles. The number of esters is 2. The predicted molar refractivity (Wildman–Crippen MR) is 236 cm³/mol. The van der Waals surface area contributed by atoms with Crippen LogP contribution in [0.4, 0.5) is 0 Å². The molecule has 0 saturated carbocycles. The number of likely N-dealkylation sites (N-methyl/N-ethyl adjacent to an activating group) is 1. The van der Waals surface area contributed by atoms with Crippen LogP contribution >= 0.6 is 7.82 Å². The number of ether oxygens (including phenoxy) is 2. The van der Waals surface area contributed by atoms with Gasteiger partial charge in [0, 0.05) is 12.8 Å². The molecular weight excluding hydrogens is 737 g/mol. The van der Waals surface area contributed by atoms with Gasteiger partial charge in [-0.25, -0.2) is 0 Å². The number of phosphoric ester groups is 1. The summed E-state index contributed by atoms with van der Waals surface area (Å²) >= 11 is 0. The second-order valence-corrected chi connectivity index (χ2v) is 19.3. The molecular formula is C47H94NO8P. The summed E-state index contributed by atoms with van der Waals surface area (Å²) in [6.07, 6.45) is 41.3. The van der Waals surface area contributed by atoms with Crippen molar-refractivity contribution in [2.24, 2.45) is 0 Å². The molecule has 0 rings (SSSR count). The van der Waals surface area contributed by atoms with Crippen molar-refractivity contribution in [2.75, 3.05) is 47.5 Å². The van der Waals surface area contributed by atoms with Crippen LogP contribution in [-0.4, -0.2) is 70.0 Å². The van der Waals surface area contributed by atoms with E-state index in [4.69, 9.17) is 18.5 Å². The highest BCUT2D eigenvalue weighted by atomic mass is 31.2. The van der Waals surface area contributed by atoms with E-state index in [0.29, 0.717) is 17.4 Å². The first-order chi connectivity index (χ1) is 27.5. The fourth-order valence-electron chi connectivity index (χ4n) is 7.07. The summed E-state index contributed by atoms with van der Waals surface area (Å²) in [5, 5.41) is 0. The van der Waals surface area contributed by atoms with Gasteiger partial charge in [0.1, 0.15) is 19.8 Å². The molecule has 0 fully saturated rings. The molecule has 57 heavy (non-hydrogen) atoms. The van der Waals surface area contributed by atoms with Gasteiger partial charge in [-0.15, -0.1) is 0 Å². The first-order valence-electron chi connectivity index (χ1n) is 24.2. The van der Waals surface area contributed by atoms with Crippen molar-refractivity contribution in [1.29, 1.82) is 0 Å². The van der Waals surface area contributed by atoms with Crippen molar-refractivity contribution in [3.05, 3.63) is 0 Å². The summed E-state index contributed by atoms with van der Waals surface area (Å²) in [6, 6.07) is 0. The summed E-state index contributed by atoms with van der Waals surface area (Å²) in [4.78, 5) is 37.6. The molecule has 0 aliphatic carbocycles. The zero-order valence-corrected chi connectivity index (χ0v) is 39.2. The highest BCUT2D eigenvalue weighted by Crippen LogP contribution is 2.38. The molecule has 10 heteroatoms. The third-order valence-corrected chi connectivity index (χ3v) is 11.8. The van der Waals surface area contributed by atoms with Crippen LogP contribution in [0.2, 0.25) is 0 Å². The van der Waals surface area contributed by atoms with E-state index in [1.807, 2.05) is 21.1 Å². The molecule has 0 N–H and O–H groups in total. The molecule has 0 bridgehead atoms. The lowest BCUT2D eigenvalue weighted by molar-refractivity contribution is -0.870. The Morgan fingerprint density at radius 2 is 0.789 bits per heavy atom. The average Bonchev–Trinajstić information content (AvgIpc) is 3.16. The molecule has 0 aliphatic rings. The van der Waals surface area contributed by atoms with E-state index in [-0.39, 0.29) is 32.0 Å². The lowest BCUT2D eigenvalue weighted by atomic mass is 10.0. The third-order valence-electron chi connectivity index (χ3n) is 10.9.